The van der Waals surface area contributed by atoms with E-state index in [2.05, 4.69) is 15.9 Å². The van der Waals surface area contributed by atoms with Crippen molar-refractivity contribution in [3.63, 3.8) is 0 Å². The molecule has 0 saturated heterocycles. The molecule has 1 nitrogen and oxygen atoms in total. The van der Waals surface area contributed by atoms with Crippen LogP contribution in [0.1, 0.15) is 22.3 Å². The number of hydrogen-bond donors (Lipinski definition) is 0. The Morgan fingerprint density at radius 1 is 1.54 bits per heavy atom. The average molecular weight is 262 g/mol. The zero-order chi connectivity index (χ0) is 9.84. The molecular weight excluding hydrogens is 251 g/mol. The minimum absolute atomic E-state index is 0.105. The standard InChI is InChI=1S/C10H10BrClO/c1-7-2-3-8(11)6-9(7)10(13)4-5-12/h2-3,6H,4-5H2,1H3. The van der Waals surface area contributed by atoms with Gasteiger partial charge in [0.15, 0.2) is 5.78 Å². The topological polar surface area (TPSA) is 17.1 Å². The summed E-state index contributed by atoms with van der Waals surface area (Å²) >= 11 is 8.84. The van der Waals surface area contributed by atoms with Crippen molar-refractivity contribution in [1.82, 2.24) is 0 Å². The van der Waals surface area contributed by atoms with Gasteiger partial charge in [0.05, 0.1) is 0 Å². The van der Waals surface area contributed by atoms with Crippen molar-refractivity contribution in [3.05, 3.63) is 33.8 Å². The first kappa shape index (κ1) is 10.7. The summed E-state index contributed by atoms with van der Waals surface area (Å²) in [5.41, 5.74) is 1.76. The molecule has 0 aliphatic heterocycles. The van der Waals surface area contributed by atoms with Crippen LogP contribution in [0.4, 0.5) is 0 Å². The van der Waals surface area contributed by atoms with Crippen LogP contribution >= 0.6 is 27.5 Å². The molecule has 0 radical (unpaired) electrons. The molecule has 0 atom stereocenters. The lowest BCUT2D eigenvalue weighted by atomic mass is 10.0. The van der Waals surface area contributed by atoms with Gasteiger partial charge < -0.3 is 0 Å². The van der Waals surface area contributed by atoms with E-state index in [1.165, 1.54) is 0 Å². The number of hydrogen-bond acceptors (Lipinski definition) is 1. The Labute approximate surface area is 91.2 Å². The summed E-state index contributed by atoms with van der Waals surface area (Å²) in [4.78, 5) is 11.5. The molecule has 0 amide bonds. The first-order valence-corrected chi connectivity index (χ1v) is 5.33. The molecule has 0 aromatic heterocycles. The third-order valence-corrected chi connectivity index (χ3v) is 2.50. The van der Waals surface area contributed by atoms with Crippen LogP contribution < -0.4 is 0 Å². The second-order valence-electron chi connectivity index (χ2n) is 2.82. The van der Waals surface area contributed by atoms with E-state index in [-0.39, 0.29) is 5.78 Å². The molecule has 13 heavy (non-hydrogen) atoms. The van der Waals surface area contributed by atoms with Crippen LogP contribution in [0.3, 0.4) is 0 Å². The van der Waals surface area contributed by atoms with Crippen molar-refractivity contribution < 1.29 is 4.79 Å². The summed E-state index contributed by atoms with van der Waals surface area (Å²) in [5, 5.41) is 0. The van der Waals surface area contributed by atoms with E-state index < -0.39 is 0 Å². The molecule has 0 bridgehead atoms. The van der Waals surface area contributed by atoms with Gasteiger partial charge in [-0.15, -0.1) is 11.6 Å². The Morgan fingerprint density at radius 3 is 2.85 bits per heavy atom. The molecule has 0 saturated carbocycles. The smallest absolute Gasteiger partial charge is 0.164 e. The summed E-state index contributed by atoms with van der Waals surface area (Å²) in [6.07, 6.45) is 0.402. The molecule has 0 N–H and O–H groups in total. The fraction of sp³-hybridized carbons (Fsp3) is 0.300. The molecule has 1 aromatic rings. The summed E-state index contributed by atoms with van der Waals surface area (Å²) in [7, 11) is 0. The maximum atomic E-state index is 11.5. The predicted molar refractivity (Wildman–Crippen MR) is 58.5 cm³/mol. The first-order chi connectivity index (χ1) is 6.15. The Hall–Kier alpha value is -0.340. The lowest BCUT2D eigenvalue weighted by Gasteiger charge is -2.03. The highest BCUT2D eigenvalue weighted by molar-refractivity contribution is 9.10. The highest BCUT2D eigenvalue weighted by atomic mass is 79.9. The fourth-order valence-electron chi connectivity index (χ4n) is 1.12. The Kier molecular flexibility index (Phi) is 3.94. The summed E-state index contributed by atoms with van der Waals surface area (Å²) < 4.78 is 0.927. The molecule has 0 spiro atoms. The molecule has 1 rings (SSSR count). The number of carbonyl (C=O) groups excluding carboxylic acids is 1. The molecule has 0 heterocycles. The Morgan fingerprint density at radius 2 is 2.23 bits per heavy atom. The lowest BCUT2D eigenvalue weighted by Crippen LogP contribution is -2.02. The van der Waals surface area contributed by atoms with Gasteiger partial charge in [-0.3, -0.25) is 4.79 Å². The number of Topliss-reactive ketones (excluding diaryl/α,β-unsaturated/α-hetero) is 1. The van der Waals surface area contributed by atoms with Gasteiger partial charge in [0.2, 0.25) is 0 Å². The van der Waals surface area contributed by atoms with Crippen LogP contribution in [-0.4, -0.2) is 11.7 Å². The number of benzene rings is 1. The van der Waals surface area contributed by atoms with Gasteiger partial charge in [0.25, 0.3) is 0 Å². The maximum absolute atomic E-state index is 11.5. The second kappa shape index (κ2) is 4.77. The average Bonchev–Trinajstić information content (AvgIpc) is 2.09. The van der Waals surface area contributed by atoms with E-state index in [4.69, 9.17) is 11.6 Å². The largest absolute Gasteiger partial charge is 0.294 e. The van der Waals surface area contributed by atoms with Gasteiger partial charge in [0, 0.05) is 22.3 Å². The second-order valence-corrected chi connectivity index (χ2v) is 4.12. The van der Waals surface area contributed by atoms with Crippen LogP contribution in [0.5, 0.6) is 0 Å². The Balaban J connectivity index is 2.99. The van der Waals surface area contributed by atoms with Crippen molar-refractivity contribution >= 4 is 33.3 Å². The van der Waals surface area contributed by atoms with E-state index in [1.54, 1.807) is 0 Å². The minimum Gasteiger partial charge on any atom is -0.294 e. The molecule has 3 heteroatoms. The van der Waals surface area contributed by atoms with Crippen molar-refractivity contribution in [1.29, 1.82) is 0 Å². The molecule has 0 aliphatic carbocycles. The van der Waals surface area contributed by atoms with Gasteiger partial charge >= 0.3 is 0 Å². The zero-order valence-corrected chi connectivity index (χ0v) is 9.65. The van der Waals surface area contributed by atoms with Crippen molar-refractivity contribution in [2.24, 2.45) is 0 Å². The quantitative estimate of drug-likeness (QED) is 0.600. The number of alkyl halides is 1. The number of halogens is 2. The van der Waals surface area contributed by atoms with Crippen molar-refractivity contribution in [2.45, 2.75) is 13.3 Å². The van der Waals surface area contributed by atoms with Crippen molar-refractivity contribution in [3.8, 4) is 0 Å². The van der Waals surface area contributed by atoms with Gasteiger partial charge in [-0.1, -0.05) is 22.0 Å². The van der Waals surface area contributed by atoms with E-state index in [0.29, 0.717) is 12.3 Å². The highest BCUT2D eigenvalue weighted by Gasteiger charge is 2.08. The summed E-state index contributed by atoms with van der Waals surface area (Å²) in [6.45, 7) is 1.92. The van der Waals surface area contributed by atoms with E-state index in [1.807, 2.05) is 25.1 Å². The zero-order valence-electron chi connectivity index (χ0n) is 7.31. The first-order valence-electron chi connectivity index (χ1n) is 4.00. The van der Waals surface area contributed by atoms with Crippen LogP contribution in [0, 0.1) is 6.92 Å². The lowest BCUT2D eigenvalue weighted by molar-refractivity contribution is 0.0988. The monoisotopic (exact) mass is 260 g/mol. The van der Waals surface area contributed by atoms with E-state index in [9.17, 15) is 4.79 Å². The summed E-state index contributed by atoms with van der Waals surface area (Å²) in [5.74, 6) is 0.485. The fourth-order valence-corrected chi connectivity index (χ4v) is 1.65. The Bertz CT molecular complexity index is 323. The SMILES string of the molecule is Cc1ccc(Br)cc1C(=O)CCCl. The number of carbonyl (C=O) groups is 1. The number of rotatable bonds is 3. The maximum Gasteiger partial charge on any atom is 0.164 e. The van der Waals surface area contributed by atoms with E-state index >= 15 is 0 Å². The highest BCUT2D eigenvalue weighted by Crippen LogP contribution is 2.17. The van der Waals surface area contributed by atoms with Crippen LogP contribution in [0.15, 0.2) is 22.7 Å². The van der Waals surface area contributed by atoms with Crippen LogP contribution in [-0.2, 0) is 0 Å². The molecule has 0 fully saturated rings. The minimum atomic E-state index is 0.105. The van der Waals surface area contributed by atoms with E-state index in [0.717, 1.165) is 15.6 Å². The number of ketones is 1. The molecule has 0 aliphatic rings. The van der Waals surface area contributed by atoms with Gasteiger partial charge in [-0.25, -0.2) is 0 Å². The molecule has 70 valence electrons. The molecule has 0 unspecified atom stereocenters. The van der Waals surface area contributed by atoms with Crippen LogP contribution in [0.2, 0.25) is 0 Å². The van der Waals surface area contributed by atoms with Gasteiger partial charge in [-0.2, -0.15) is 0 Å². The number of aryl methyl sites for hydroxylation is 1. The van der Waals surface area contributed by atoms with Gasteiger partial charge in [-0.05, 0) is 24.6 Å². The third-order valence-electron chi connectivity index (χ3n) is 1.82. The normalized spacial score (nSPS) is 10.1. The molecule has 1 aromatic carbocycles. The van der Waals surface area contributed by atoms with Gasteiger partial charge in [0.1, 0.15) is 0 Å². The van der Waals surface area contributed by atoms with Crippen LogP contribution in [0.25, 0.3) is 0 Å². The van der Waals surface area contributed by atoms with Crippen molar-refractivity contribution in [2.75, 3.05) is 5.88 Å². The third kappa shape index (κ3) is 2.82. The molecular formula is C10H10BrClO. The summed E-state index contributed by atoms with van der Waals surface area (Å²) in [6, 6.07) is 5.68. The predicted octanol–water partition coefficient (Wildman–Crippen LogP) is 3.57.